The Labute approximate surface area is 189 Å². The van der Waals surface area contributed by atoms with Gasteiger partial charge in [0.1, 0.15) is 13.1 Å². The maximum Gasteiger partial charge on any atom is 0.333 e. The summed E-state index contributed by atoms with van der Waals surface area (Å²) in [4.78, 5) is 18.0. The van der Waals surface area contributed by atoms with E-state index in [2.05, 4.69) is 22.4 Å². The van der Waals surface area contributed by atoms with Crippen LogP contribution in [0.1, 0.15) is 30.1 Å². The first kappa shape index (κ1) is 20.7. The highest BCUT2D eigenvalue weighted by Crippen LogP contribution is 2.37. The summed E-state index contributed by atoms with van der Waals surface area (Å²) in [6, 6.07) is 25.3. The van der Waals surface area contributed by atoms with Crippen LogP contribution in [0.25, 0.3) is 0 Å². The molecule has 2 bridgehead atoms. The first-order valence-electron chi connectivity index (χ1n) is 11.5. The van der Waals surface area contributed by atoms with E-state index in [0.717, 1.165) is 60.4 Å². The van der Waals surface area contributed by atoms with E-state index >= 15 is 0 Å². The topological polar surface area (TPSA) is 51.2 Å². The second-order valence-electron chi connectivity index (χ2n) is 9.12. The van der Waals surface area contributed by atoms with Crippen LogP contribution >= 0.6 is 0 Å². The fraction of sp³-hybridized carbons (Fsp3) is 0.333. The number of pyridine rings is 1. The number of fused-ring (bicyclic) bond motifs is 3. The molecule has 0 saturated carbocycles. The Kier molecular flexibility index (Phi) is 5.91. The summed E-state index contributed by atoms with van der Waals surface area (Å²) in [7, 11) is 0. The van der Waals surface area contributed by atoms with E-state index in [1.165, 1.54) is 0 Å². The number of anilines is 1. The number of nitrogens with one attached hydrogen (secondary N) is 1. The third kappa shape index (κ3) is 4.53. The Hall–Kier alpha value is -3.18. The molecule has 2 aromatic carbocycles. The lowest BCUT2D eigenvalue weighted by Gasteiger charge is -2.52. The lowest BCUT2D eigenvalue weighted by molar-refractivity contribution is -0.958. The predicted octanol–water partition coefficient (Wildman–Crippen LogP) is 4.59. The van der Waals surface area contributed by atoms with Gasteiger partial charge in [0.15, 0.2) is 12.1 Å². The van der Waals surface area contributed by atoms with Gasteiger partial charge in [0.2, 0.25) is 0 Å². The number of carbonyl (C=O) groups excluding carboxylic acids is 1. The third-order valence-corrected chi connectivity index (χ3v) is 6.99. The van der Waals surface area contributed by atoms with Crippen LogP contribution in [0.15, 0.2) is 85.1 Å². The maximum absolute atomic E-state index is 13.5. The second kappa shape index (κ2) is 9.13. The van der Waals surface area contributed by atoms with Gasteiger partial charge in [-0.25, -0.2) is 4.79 Å². The molecule has 32 heavy (non-hydrogen) atoms. The fourth-order valence-electron chi connectivity index (χ4n) is 5.25. The van der Waals surface area contributed by atoms with Gasteiger partial charge in [-0.1, -0.05) is 54.6 Å². The number of ether oxygens (including phenoxy) is 1. The van der Waals surface area contributed by atoms with Crippen molar-refractivity contribution >= 4 is 11.7 Å². The molecule has 3 aromatic rings. The van der Waals surface area contributed by atoms with Crippen molar-refractivity contribution in [3.8, 4) is 0 Å². The maximum atomic E-state index is 13.5. The van der Waals surface area contributed by atoms with Gasteiger partial charge >= 0.3 is 5.97 Å². The van der Waals surface area contributed by atoms with E-state index in [9.17, 15) is 4.79 Å². The van der Waals surface area contributed by atoms with Crippen LogP contribution in [0.4, 0.5) is 5.69 Å². The molecule has 1 N–H and O–H groups in total. The van der Waals surface area contributed by atoms with Crippen LogP contribution in [0.5, 0.6) is 0 Å². The van der Waals surface area contributed by atoms with Gasteiger partial charge in [-0.05, 0) is 29.8 Å². The Balaban J connectivity index is 1.33. The monoisotopic (exact) mass is 428 g/mol. The van der Waals surface area contributed by atoms with Crippen molar-refractivity contribution in [2.75, 3.05) is 25.0 Å². The van der Waals surface area contributed by atoms with E-state index in [1.54, 1.807) is 0 Å². The highest BCUT2D eigenvalue weighted by Gasteiger charge is 2.48. The number of carbonyl (C=O) groups is 1. The summed E-state index contributed by atoms with van der Waals surface area (Å²) >= 11 is 0. The average molecular weight is 429 g/mol. The van der Waals surface area contributed by atoms with Crippen LogP contribution in [0.3, 0.4) is 0 Å². The molecule has 3 aliphatic heterocycles. The molecule has 1 aromatic heterocycles. The first-order valence-corrected chi connectivity index (χ1v) is 11.5. The first-order chi connectivity index (χ1) is 15.7. The van der Waals surface area contributed by atoms with Crippen molar-refractivity contribution in [1.29, 1.82) is 0 Å². The minimum absolute atomic E-state index is 0.0440. The SMILES string of the molecule is O=C(OC1C[N+]2(Cc3ccccn3)CCC1CC2)C(Nc1ccccc1)c1ccccc1. The van der Waals surface area contributed by atoms with Gasteiger partial charge in [0, 0.05) is 30.6 Å². The Morgan fingerprint density at radius 2 is 1.66 bits per heavy atom. The highest BCUT2D eigenvalue weighted by atomic mass is 16.5. The lowest BCUT2D eigenvalue weighted by atomic mass is 9.83. The molecule has 6 rings (SSSR count). The van der Waals surface area contributed by atoms with E-state index in [-0.39, 0.29) is 12.1 Å². The summed E-state index contributed by atoms with van der Waals surface area (Å²) in [5.74, 6) is 0.255. The van der Waals surface area contributed by atoms with Gasteiger partial charge < -0.3 is 14.5 Å². The highest BCUT2D eigenvalue weighted by molar-refractivity contribution is 5.81. The molecule has 0 radical (unpaired) electrons. The molecule has 2 unspecified atom stereocenters. The molecular weight excluding hydrogens is 398 g/mol. The molecule has 0 aliphatic carbocycles. The molecule has 2 atom stereocenters. The third-order valence-electron chi connectivity index (χ3n) is 6.99. The van der Waals surface area contributed by atoms with E-state index in [0.29, 0.717) is 5.92 Å². The van der Waals surface area contributed by atoms with Gasteiger partial charge in [0.05, 0.1) is 18.8 Å². The Morgan fingerprint density at radius 3 is 2.34 bits per heavy atom. The van der Waals surface area contributed by atoms with Gasteiger partial charge in [0.25, 0.3) is 0 Å². The van der Waals surface area contributed by atoms with Crippen molar-refractivity contribution in [2.45, 2.75) is 31.5 Å². The molecule has 5 nitrogen and oxygen atoms in total. The zero-order valence-corrected chi connectivity index (χ0v) is 18.3. The molecule has 164 valence electrons. The lowest BCUT2D eigenvalue weighted by Crippen LogP contribution is -2.64. The molecule has 3 saturated heterocycles. The van der Waals surface area contributed by atoms with E-state index < -0.39 is 6.04 Å². The van der Waals surface area contributed by atoms with Gasteiger partial charge in [-0.2, -0.15) is 0 Å². The normalized spacial score (nSPS) is 25.1. The number of piperidine rings is 3. The Morgan fingerprint density at radius 1 is 0.969 bits per heavy atom. The minimum atomic E-state index is -0.529. The molecule has 3 fully saturated rings. The number of quaternary nitrogens is 1. The van der Waals surface area contributed by atoms with Crippen LogP contribution in [0.2, 0.25) is 0 Å². The largest absolute Gasteiger partial charge is 0.454 e. The zero-order chi connectivity index (χ0) is 21.8. The van der Waals surface area contributed by atoms with Crippen LogP contribution in [0, 0.1) is 5.92 Å². The van der Waals surface area contributed by atoms with Crippen LogP contribution in [-0.4, -0.2) is 41.2 Å². The number of benzene rings is 2. The fourth-order valence-corrected chi connectivity index (χ4v) is 5.25. The van der Waals surface area contributed by atoms with Crippen LogP contribution in [-0.2, 0) is 16.1 Å². The molecule has 4 heterocycles. The van der Waals surface area contributed by atoms with Crippen molar-refractivity contribution in [1.82, 2.24) is 4.98 Å². The van der Waals surface area contributed by atoms with Crippen molar-refractivity contribution < 1.29 is 14.0 Å². The summed E-state index contributed by atoms with van der Waals surface area (Å²) in [5, 5.41) is 3.39. The standard InChI is InChI=1S/C27H30N3O2/c31-27(26(22-9-3-1-4-10-22)29-23-11-5-2-6-12-23)32-25-20-30(17-14-21(25)15-18-30)19-24-13-7-8-16-28-24/h1-13,16,21,25-26,29H,14-15,17-20H2/q+1. The molecule has 0 amide bonds. The number of aromatic nitrogens is 1. The molecule has 3 aliphatic rings. The molecule has 0 spiro atoms. The smallest absolute Gasteiger partial charge is 0.333 e. The quantitative estimate of drug-likeness (QED) is 0.442. The van der Waals surface area contributed by atoms with Crippen molar-refractivity contribution in [3.05, 3.63) is 96.3 Å². The van der Waals surface area contributed by atoms with E-state index in [4.69, 9.17) is 4.74 Å². The Bertz CT molecular complexity index is 1020. The average Bonchev–Trinajstić information content (AvgIpc) is 2.85. The number of rotatable bonds is 7. The number of hydrogen-bond acceptors (Lipinski definition) is 4. The summed E-state index contributed by atoms with van der Waals surface area (Å²) in [6.45, 7) is 4.06. The minimum Gasteiger partial charge on any atom is -0.454 e. The van der Waals surface area contributed by atoms with Gasteiger partial charge in [-0.3, -0.25) is 4.98 Å². The summed E-state index contributed by atoms with van der Waals surface area (Å²) in [6.07, 6.45) is 4.03. The summed E-state index contributed by atoms with van der Waals surface area (Å²) in [5.41, 5.74) is 2.94. The van der Waals surface area contributed by atoms with Crippen molar-refractivity contribution in [3.63, 3.8) is 0 Å². The number of hydrogen-bond donors (Lipinski definition) is 1. The number of para-hydroxylation sites is 1. The number of esters is 1. The number of nitrogens with zero attached hydrogens (tertiary/aromatic N) is 2. The molecular formula is C27H30N3O2+. The molecule has 5 heteroatoms. The summed E-state index contributed by atoms with van der Waals surface area (Å²) < 4.78 is 7.21. The van der Waals surface area contributed by atoms with Crippen LogP contribution < -0.4 is 5.32 Å². The second-order valence-corrected chi connectivity index (χ2v) is 9.12. The zero-order valence-electron chi connectivity index (χ0n) is 18.3. The van der Waals surface area contributed by atoms with E-state index in [1.807, 2.05) is 72.9 Å². The predicted molar refractivity (Wildman–Crippen MR) is 125 cm³/mol. The van der Waals surface area contributed by atoms with Crippen molar-refractivity contribution in [2.24, 2.45) is 5.92 Å². The van der Waals surface area contributed by atoms with Gasteiger partial charge in [-0.15, -0.1) is 0 Å².